The number of hydrogen-bond acceptors (Lipinski definition) is 5. The van der Waals surface area contributed by atoms with Crippen molar-refractivity contribution in [2.45, 2.75) is 18.4 Å². The molecule has 2 aromatic carbocycles. The van der Waals surface area contributed by atoms with Crippen LogP contribution in [0.4, 0.5) is 21.9 Å². The van der Waals surface area contributed by atoms with E-state index in [2.05, 4.69) is 23.3 Å². The normalized spacial score (nSPS) is 10.1. The lowest BCUT2D eigenvalue weighted by Crippen LogP contribution is -2.14. The molecule has 0 fully saturated rings. The van der Waals surface area contributed by atoms with E-state index in [1.165, 1.54) is 0 Å². The molecule has 5 nitrogen and oxygen atoms in total. The molecule has 2 aromatic rings. The van der Waals surface area contributed by atoms with Crippen LogP contribution in [0.1, 0.15) is 12.5 Å². The van der Waals surface area contributed by atoms with Gasteiger partial charge in [-0.05, 0) is 42.8 Å². The Morgan fingerprint density at radius 3 is 2.77 bits per heavy atom. The fraction of sp³-hybridized carbons (Fsp3) is 0.188. The number of hydrogen-bond donors (Lipinski definition) is 4. The number of benzene rings is 2. The summed E-state index contributed by atoms with van der Waals surface area (Å²) in [6.07, 6.45) is -0.513. The van der Waals surface area contributed by atoms with Gasteiger partial charge in [0, 0.05) is 17.1 Å². The topological polar surface area (TPSA) is 76.4 Å². The molecule has 0 radical (unpaired) electrons. The van der Waals surface area contributed by atoms with Crippen LogP contribution in [0.3, 0.4) is 0 Å². The number of anilines is 3. The second-order valence-electron chi connectivity index (χ2n) is 4.67. The molecule has 0 heterocycles. The van der Waals surface area contributed by atoms with Gasteiger partial charge in [-0.15, -0.1) is 12.6 Å². The number of nitrogens with two attached hydrogens (primary N) is 1. The molecule has 2 rings (SSSR count). The maximum Gasteiger partial charge on any atom is 0.411 e. The number of thiol groups is 1. The number of carbonyl (C=O) groups is 1. The Morgan fingerprint density at radius 1 is 1.27 bits per heavy atom. The van der Waals surface area contributed by atoms with E-state index in [1.807, 2.05) is 30.3 Å². The molecule has 0 aromatic heterocycles. The monoisotopic (exact) mass is 317 g/mol. The molecule has 0 spiro atoms. The van der Waals surface area contributed by atoms with Crippen LogP contribution in [0.2, 0.25) is 0 Å². The van der Waals surface area contributed by atoms with E-state index < -0.39 is 6.09 Å². The third-order valence-corrected chi connectivity index (χ3v) is 3.25. The number of ether oxygens (including phenoxy) is 1. The molecule has 4 N–H and O–H groups in total. The van der Waals surface area contributed by atoms with Crippen molar-refractivity contribution in [1.82, 2.24) is 0 Å². The standard InChI is InChI=1S/C16H19N3O2S/c1-2-21-16(20)19-15-7-6-12(9-14(15)17)18-10-11-4-3-5-13(22)8-11/h3-9,18,22H,2,10,17H2,1H3,(H,19,20). The van der Waals surface area contributed by atoms with Crippen molar-refractivity contribution >= 4 is 35.8 Å². The van der Waals surface area contributed by atoms with Crippen LogP contribution in [0, 0.1) is 0 Å². The van der Waals surface area contributed by atoms with Crippen LogP contribution >= 0.6 is 12.6 Å². The highest BCUT2D eigenvalue weighted by Crippen LogP contribution is 2.23. The summed E-state index contributed by atoms with van der Waals surface area (Å²) in [5.74, 6) is 0. The van der Waals surface area contributed by atoms with Gasteiger partial charge in [0.2, 0.25) is 0 Å². The molecular weight excluding hydrogens is 298 g/mol. The minimum Gasteiger partial charge on any atom is -0.450 e. The number of nitrogen functional groups attached to an aromatic ring is 1. The summed E-state index contributed by atoms with van der Waals surface area (Å²) in [5, 5.41) is 5.87. The second kappa shape index (κ2) is 7.61. The highest BCUT2D eigenvalue weighted by Gasteiger charge is 2.06. The van der Waals surface area contributed by atoms with Crippen molar-refractivity contribution < 1.29 is 9.53 Å². The zero-order valence-electron chi connectivity index (χ0n) is 12.3. The molecule has 0 unspecified atom stereocenters. The maximum atomic E-state index is 11.4. The Morgan fingerprint density at radius 2 is 2.09 bits per heavy atom. The zero-order chi connectivity index (χ0) is 15.9. The number of amides is 1. The van der Waals surface area contributed by atoms with Crippen molar-refractivity contribution in [2.24, 2.45) is 0 Å². The first-order valence-electron chi connectivity index (χ1n) is 6.93. The molecule has 6 heteroatoms. The van der Waals surface area contributed by atoms with Gasteiger partial charge in [0.25, 0.3) is 0 Å². The van der Waals surface area contributed by atoms with Crippen LogP contribution in [-0.4, -0.2) is 12.7 Å². The third kappa shape index (κ3) is 4.60. The minimum atomic E-state index is -0.513. The molecular formula is C16H19N3O2S. The second-order valence-corrected chi connectivity index (χ2v) is 5.19. The maximum absolute atomic E-state index is 11.4. The minimum absolute atomic E-state index is 0.315. The highest BCUT2D eigenvalue weighted by atomic mass is 32.1. The molecule has 0 saturated heterocycles. The van der Waals surface area contributed by atoms with Crippen LogP contribution in [0.25, 0.3) is 0 Å². The summed E-state index contributed by atoms with van der Waals surface area (Å²) >= 11 is 4.31. The van der Waals surface area contributed by atoms with Crippen molar-refractivity contribution in [3.05, 3.63) is 48.0 Å². The molecule has 0 bridgehead atoms. The Hall–Kier alpha value is -2.34. The third-order valence-electron chi connectivity index (χ3n) is 2.97. The zero-order valence-corrected chi connectivity index (χ0v) is 13.2. The summed E-state index contributed by atoms with van der Waals surface area (Å²) in [4.78, 5) is 12.3. The molecule has 0 atom stereocenters. The summed E-state index contributed by atoms with van der Waals surface area (Å²) in [6.45, 7) is 2.73. The lowest BCUT2D eigenvalue weighted by Gasteiger charge is -2.11. The number of nitrogens with one attached hydrogen (secondary N) is 2. The molecule has 22 heavy (non-hydrogen) atoms. The van der Waals surface area contributed by atoms with E-state index in [4.69, 9.17) is 10.5 Å². The van der Waals surface area contributed by atoms with Crippen molar-refractivity contribution in [3.8, 4) is 0 Å². The summed E-state index contributed by atoms with van der Waals surface area (Å²) < 4.78 is 4.82. The van der Waals surface area contributed by atoms with Crippen LogP contribution in [0.15, 0.2) is 47.4 Å². The average molecular weight is 317 g/mol. The van der Waals surface area contributed by atoms with Gasteiger partial charge < -0.3 is 15.8 Å². The van der Waals surface area contributed by atoms with Gasteiger partial charge in [0.15, 0.2) is 0 Å². The smallest absolute Gasteiger partial charge is 0.411 e. The van der Waals surface area contributed by atoms with E-state index in [9.17, 15) is 4.79 Å². The van der Waals surface area contributed by atoms with Gasteiger partial charge >= 0.3 is 6.09 Å². The predicted octanol–water partition coefficient (Wildman–Crippen LogP) is 3.74. The summed E-state index contributed by atoms with van der Waals surface area (Å²) in [6, 6.07) is 13.3. The Balaban J connectivity index is 1.98. The molecule has 0 aliphatic rings. The van der Waals surface area contributed by atoms with Crippen molar-refractivity contribution in [3.63, 3.8) is 0 Å². The van der Waals surface area contributed by atoms with E-state index in [-0.39, 0.29) is 0 Å². The van der Waals surface area contributed by atoms with Gasteiger partial charge in [0.1, 0.15) is 0 Å². The fourth-order valence-corrected chi connectivity index (χ4v) is 2.19. The largest absolute Gasteiger partial charge is 0.450 e. The van der Waals surface area contributed by atoms with Crippen molar-refractivity contribution in [1.29, 1.82) is 0 Å². The van der Waals surface area contributed by atoms with Crippen LogP contribution in [-0.2, 0) is 11.3 Å². The first-order chi connectivity index (χ1) is 10.6. The SMILES string of the molecule is CCOC(=O)Nc1ccc(NCc2cccc(S)c2)cc1N. The molecule has 0 aliphatic heterocycles. The van der Waals surface area contributed by atoms with Gasteiger partial charge in [-0.3, -0.25) is 5.32 Å². The molecule has 116 valence electrons. The van der Waals surface area contributed by atoms with E-state index in [0.29, 0.717) is 24.5 Å². The van der Waals surface area contributed by atoms with E-state index in [1.54, 1.807) is 19.1 Å². The van der Waals surface area contributed by atoms with E-state index in [0.717, 1.165) is 16.1 Å². The highest BCUT2D eigenvalue weighted by molar-refractivity contribution is 7.80. The lowest BCUT2D eigenvalue weighted by molar-refractivity contribution is 0.168. The Bertz CT molecular complexity index is 662. The fourth-order valence-electron chi connectivity index (χ4n) is 1.93. The van der Waals surface area contributed by atoms with Gasteiger partial charge in [-0.2, -0.15) is 0 Å². The molecule has 0 aliphatic carbocycles. The first-order valence-corrected chi connectivity index (χ1v) is 7.38. The Kier molecular flexibility index (Phi) is 5.55. The van der Waals surface area contributed by atoms with E-state index >= 15 is 0 Å². The Labute approximate surface area is 135 Å². The quantitative estimate of drug-likeness (QED) is 0.500. The summed E-state index contributed by atoms with van der Waals surface area (Å²) in [5.41, 5.74) is 8.94. The van der Waals surface area contributed by atoms with Gasteiger partial charge in [-0.1, -0.05) is 12.1 Å². The van der Waals surface area contributed by atoms with Crippen LogP contribution < -0.4 is 16.4 Å². The summed E-state index contributed by atoms with van der Waals surface area (Å²) in [7, 11) is 0. The number of rotatable bonds is 5. The van der Waals surface area contributed by atoms with Crippen LogP contribution in [0.5, 0.6) is 0 Å². The lowest BCUT2D eigenvalue weighted by atomic mass is 10.2. The first kappa shape index (κ1) is 16.0. The van der Waals surface area contributed by atoms with Gasteiger partial charge in [0.05, 0.1) is 18.0 Å². The predicted molar refractivity (Wildman–Crippen MR) is 92.5 cm³/mol. The molecule has 1 amide bonds. The average Bonchev–Trinajstić information content (AvgIpc) is 2.48. The number of carbonyl (C=O) groups excluding carboxylic acids is 1. The van der Waals surface area contributed by atoms with Crippen molar-refractivity contribution in [2.75, 3.05) is 23.0 Å². The van der Waals surface area contributed by atoms with Gasteiger partial charge in [-0.25, -0.2) is 4.79 Å². The molecule has 0 saturated carbocycles.